The van der Waals surface area contributed by atoms with Crippen molar-refractivity contribution >= 4 is 28.0 Å². The van der Waals surface area contributed by atoms with E-state index in [4.69, 9.17) is 4.42 Å². The molecule has 58 heavy (non-hydrogen) atoms. The van der Waals surface area contributed by atoms with E-state index in [1.54, 1.807) is 0 Å². The molecule has 0 saturated heterocycles. The first-order valence-electron chi connectivity index (χ1n) is 19.7. The summed E-state index contributed by atoms with van der Waals surface area (Å²) < 4.78 is 6.23. The molecule has 0 amide bonds. The summed E-state index contributed by atoms with van der Waals surface area (Å²) in [6.45, 7) is 0. The van der Waals surface area contributed by atoms with Gasteiger partial charge in [0.25, 0.3) is 0 Å². The van der Waals surface area contributed by atoms with Gasteiger partial charge < -0.3 is 9.32 Å². The number of furan rings is 1. The van der Waals surface area contributed by atoms with Crippen molar-refractivity contribution in [2.24, 2.45) is 0 Å². The van der Waals surface area contributed by atoms with Crippen LogP contribution in [0.15, 0.2) is 241 Å². The SMILES string of the molecule is c1ccc(-c2cccc(-c3ccc(N(c4ccc(-c5cccc(-c6cc7ccccc7o6)c5)cc4)c4cc(-c5ccccc5)cc(-c5ccccc5)c4)cc3)c2)cc1. The van der Waals surface area contributed by atoms with Gasteiger partial charge in [-0.05, 0) is 122 Å². The van der Waals surface area contributed by atoms with Crippen molar-refractivity contribution in [1.29, 1.82) is 0 Å². The molecule has 0 atom stereocenters. The number of hydrogen-bond acceptors (Lipinski definition) is 2. The topological polar surface area (TPSA) is 16.4 Å². The van der Waals surface area contributed by atoms with E-state index < -0.39 is 0 Å². The first-order valence-corrected chi connectivity index (χ1v) is 19.7. The number of rotatable bonds is 9. The molecule has 0 saturated carbocycles. The van der Waals surface area contributed by atoms with E-state index in [1.807, 2.05) is 18.2 Å². The molecule has 274 valence electrons. The summed E-state index contributed by atoms with van der Waals surface area (Å²) in [6, 6.07) is 84.4. The van der Waals surface area contributed by atoms with Crippen LogP contribution in [0, 0.1) is 0 Å². The summed E-state index contributed by atoms with van der Waals surface area (Å²) in [5.41, 5.74) is 16.9. The fourth-order valence-electron chi connectivity index (χ4n) is 7.87. The Morgan fingerprint density at radius 1 is 0.241 bits per heavy atom. The summed E-state index contributed by atoms with van der Waals surface area (Å²) >= 11 is 0. The van der Waals surface area contributed by atoms with E-state index in [2.05, 4.69) is 223 Å². The van der Waals surface area contributed by atoms with Gasteiger partial charge in [-0.15, -0.1) is 0 Å². The molecule has 2 nitrogen and oxygen atoms in total. The van der Waals surface area contributed by atoms with Gasteiger partial charge >= 0.3 is 0 Å². The fraction of sp³-hybridized carbons (Fsp3) is 0. The van der Waals surface area contributed by atoms with Crippen molar-refractivity contribution < 1.29 is 4.42 Å². The first kappa shape index (κ1) is 34.8. The summed E-state index contributed by atoms with van der Waals surface area (Å²) in [6.07, 6.45) is 0. The van der Waals surface area contributed by atoms with Crippen LogP contribution >= 0.6 is 0 Å². The number of benzene rings is 9. The van der Waals surface area contributed by atoms with Gasteiger partial charge in [0.2, 0.25) is 0 Å². The van der Waals surface area contributed by atoms with Crippen molar-refractivity contribution in [2.75, 3.05) is 4.90 Å². The largest absolute Gasteiger partial charge is 0.456 e. The molecule has 0 spiro atoms. The minimum Gasteiger partial charge on any atom is -0.456 e. The maximum Gasteiger partial charge on any atom is 0.135 e. The Kier molecular flexibility index (Phi) is 9.27. The number of nitrogens with zero attached hydrogens (tertiary/aromatic N) is 1. The van der Waals surface area contributed by atoms with Crippen LogP contribution in [0.3, 0.4) is 0 Å². The van der Waals surface area contributed by atoms with Crippen LogP contribution in [0.4, 0.5) is 17.1 Å². The molecular weight excluding hydrogens is 703 g/mol. The lowest BCUT2D eigenvalue weighted by Crippen LogP contribution is -2.10. The van der Waals surface area contributed by atoms with E-state index in [-0.39, 0.29) is 0 Å². The smallest absolute Gasteiger partial charge is 0.135 e. The minimum absolute atomic E-state index is 0.869. The zero-order chi connectivity index (χ0) is 38.7. The fourth-order valence-corrected chi connectivity index (χ4v) is 7.87. The van der Waals surface area contributed by atoms with Gasteiger partial charge in [-0.3, -0.25) is 0 Å². The van der Waals surface area contributed by atoms with Crippen molar-refractivity contribution in [3.05, 3.63) is 237 Å². The van der Waals surface area contributed by atoms with Gasteiger partial charge in [-0.1, -0.05) is 170 Å². The van der Waals surface area contributed by atoms with Gasteiger partial charge in [0.05, 0.1) is 0 Å². The van der Waals surface area contributed by atoms with Gasteiger partial charge in [0.15, 0.2) is 0 Å². The predicted molar refractivity (Wildman–Crippen MR) is 244 cm³/mol. The molecule has 10 rings (SSSR count). The average Bonchev–Trinajstić information content (AvgIpc) is 3.75. The van der Waals surface area contributed by atoms with Gasteiger partial charge in [-0.25, -0.2) is 0 Å². The Bertz CT molecular complexity index is 2880. The monoisotopic (exact) mass is 741 g/mol. The maximum atomic E-state index is 6.23. The molecule has 9 aromatic carbocycles. The molecule has 1 heterocycles. The Hall–Kier alpha value is -7.68. The average molecular weight is 742 g/mol. The van der Waals surface area contributed by atoms with Crippen molar-refractivity contribution in [2.45, 2.75) is 0 Å². The van der Waals surface area contributed by atoms with Gasteiger partial charge in [0.1, 0.15) is 11.3 Å². The third-order valence-corrected chi connectivity index (χ3v) is 10.9. The summed E-state index contributed by atoms with van der Waals surface area (Å²) in [5, 5.41) is 1.10. The minimum atomic E-state index is 0.869. The summed E-state index contributed by atoms with van der Waals surface area (Å²) in [7, 11) is 0. The standard InChI is InChI=1S/C56H39NO/c1-4-14-40(15-5-1)45-21-12-22-46(34-45)43-26-30-52(31-27-43)57(54-37-50(41-16-6-2-7-17-41)36-51(38-54)42-18-8-3-9-19-42)53-32-28-44(29-33-53)47-23-13-24-48(35-47)56-39-49-20-10-11-25-55(49)58-56/h1-39H. The van der Waals surface area contributed by atoms with E-state index in [1.165, 1.54) is 33.4 Å². The van der Waals surface area contributed by atoms with Crippen molar-refractivity contribution in [3.63, 3.8) is 0 Å². The van der Waals surface area contributed by atoms with Crippen LogP contribution in [0.2, 0.25) is 0 Å². The third kappa shape index (κ3) is 7.11. The lowest BCUT2D eigenvalue weighted by Gasteiger charge is -2.27. The second-order valence-electron chi connectivity index (χ2n) is 14.6. The molecular formula is C56H39NO. The normalized spacial score (nSPS) is 11.1. The second-order valence-corrected chi connectivity index (χ2v) is 14.6. The predicted octanol–water partition coefficient (Wildman–Crippen LogP) is 15.9. The van der Waals surface area contributed by atoms with Crippen LogP contribution in [0.5, 0.6) is 0 Å². The van der Waals surface area contributed by atoms with E-state index >= 15 is 0 Å². The van der Waals surface area contributed by atoms with Crippen molar-refractivity contribution in [1.82, 2.24) is 0 Å². The van der Waals surface area contributed by atoms with Crippen LogP contribution in [-0.2, 0) is 0 Å². The molecule has 0 bridgehead atoms. The highest BCUT2D eigenvalue weighted by Gasteiger charge is 2.17. The molecule has 2 heteroatoms. The van der Waals surface area contributed by atoms with Crippen LogP contribution in [0.1, 0.15) is 0 Å². The first-order chi connectivity index (χ1) is 28.7. The Morgan fingerprint density at radius 2 is 0.621 bits per heavy atom. The zero-order valence-corrected chi connectivity index (χ0v) is 31.9. The van der Waals surface area contributed by atoms with Crippen LogP contribution in [0.25, 0.3) is 77.9 Å². The zero-order valence-electron chi connectivity index (χ0n) is 31.9. The summed E-state index contributed by atoms with van der Waals surface area (Å²) in [5.74, 6) is 0.869. The van der Waals surface area contributed by atoms with E-state index in [0.29, 0.717) is 0 Å². The lowest BCUT2D eigenvalue weighted by atomic mass is 9.96. The Balaban J connectivity index is 1.06. The number of hydrogen-bond donors (Lipinski definition) is 0. The molecule has 10 aromatic rings. The number of anilines is 3. The van der Waals surface area contributed by atoms with Crippen LogP contribution < -0.4 is 4.90 Å². The molecule has 1 aromatic heterocycles. The van der Waals surface area contributed by atoms with Crippen LogP contribution in [-0.4, -0.2) is 0 Å². The van der Waals surface area contributed by atoms with E-state index in [0.717, 1.165) is 61.6 Å². The maximum absolute atomic E-state index is 6.23. The molecule has 0 N–H and O–H groups in total. The lowest BCUT2D eigenvalue weighted by molar-refractivity contribution is 0.631. The highest BCUT2D eigenvalue weighted by atomic mass is 16.3. The number of fused-ring (bicyclic) bond motifs is 1. The molecule has 0 unspecified atom stereocenters. The third-order valence-electron chi connectivity index (χ3n) is 10.9. The quantitative estimate of drug-likeness (QED) is 0.146. The second kappa shape index (κ2) is 15.5. The highest BCUT2D eigenvalue weighted by molar-refractivity contribution is 5.87. The highest BCUT2D eigenvalue weighted by Crippen LogP contribution is 2.41. The molecule has 0 aliphatic heterocycles. The molecule has 0 fully saturated rings. The number of para-hydroxylation sites is 1. The molecule has 0 aliphatic rings. The van der Waals surface area contributed by atoms with Crippen molar-refractivity contribution in [3.8, 4) is 67.0 Å². The van der Waals surface area contributed by atoms with Gasteiger partial charge in [0, 0.05) is 28.0 Å². The Labute approximate surface area is 339 Å². The molecule has 0 radical (unpaired) electrons. The van der Waals surface area contributed by atoms with Gasteiger partial charge in [-0.2, -0.15) is 0 Å². The Morgan fingerprint density at radius 3 is 1.12 bits per heavy atom. The molecule has 0 aliphatic carbocycles. The van der Waals surface area contributed by atoms with E-state index in [9.17, 15) is 0 Å². The summed E-state index contributed by atoms with van der Waals surface area (Å²) in [4.78, 5) is 2.37.